The first-order valence-electron chi connectivity index (χ1n) is 37.4. The van der Waals surface area contributed by atoms with Crippen molar-refractivity contribution in [2.45, 2.75) is 277 Å². The lowest BCUT2D eigenvalue weighted by Crippen LogP contribution is -2.30. The number of carbonyl (C=O) groups is 4. The summed E-state index contributed by atoms with van der Waals surface area (Å²) in [5, 5.41) is 10.6. The van der Waals surface area contributed by atoms with Gasteiger partial charge in [0.05, 0.1) is 39.3 Å². The summed E-state index contributed by atoms with van der Waals surface area (Å²) in [4.78, 5) is 72.7. The third kappa shape index (κ3) is 70.8. The molecule has 5 unspecified atom stereocenters. The van der Waals surface area contributed by atoms with Crippen molar-refractivity contribution in [1.29, 1.82) is 0 Å². The van der Waals surface area contributed by atoms with Crippen LogP contribution < -0.4 is 0 Å². The molecular formula is C81H130O17P2. The van der Waals surface area contributed by atoms with Crippen LogP contribution in [-0.4, -0.2) is 96.7 Å². The Morgan fingerprint density at radius 3 is 0.850 bits per heavy atom. The van der Waals surface area contributed by atoms with Gasteiger partial charge in [-0.05, 0) is 116 Å². The number of rotatable bonds is 68. The summed E-state index contributed by atoms with van der Waals surface area (Å²) in [6, 6.07) is 0. The largest absolute Gasteiger partial charge is 0.472 e. The third-order valence-electron chi connectivity index (χ3n) is 14.8. The number of ether oxygens (including phenoxy) is 4. The monoisotopic (exact) mass is 1440 g/mol. The molecule has 0 saturated heterocycles. The maximum atomic E-state index is 13.1. The van der Waals surface area contributed by atoms with E-state index in [4.69, 9.17) is 37.0 Å². The minimum absolute atomic E-state index is 0.0151. The number of phosphoric ester groups is 2. The lowest BCUT2D eigenvalue weighted by Gasteiger charge is -2.21. The van der Waals surface area contributed by atoms with E-state index in [0.29, 0.717) is 32.1 Å². The molecule has 17 nitrogen and oxygen atoms in total. The average Bonchev–Trinajstić information content (AvgIpc) is 1.01. The van der Waals surface area contributed by atoms with Gasteiger partial charge in [-0.2, -0.15) is 0 Å². The van der Waals surface area contributed by atoms with Gasteiger partial charge >= 0.3 is 39.5 Å². The fourth-order valence-corrected chi connectivity index (χ4v) is 10.8. The van der Waals surface area contributed by atoms with Gasteiger partial charge in [0.1, 0.15) is 19.3 Å². The summed E-state index contributed by atoms with van der Waals surface area (Å²) in [6.07, 6.45) is 84.2. The zero-order chi connectivity index (χ0) is 73.2. The molecule has 0 aromatic carbocycles. The molecule has 0 saturated carbocycles. The van der Waals surface area contributed by atoms with E-state index in [0.717, 1.165) is 109 Å². The molecule has 0 aromatic heterocycles. The van der Waals surface area contributed by atoms with Crippen molar-refractivity contribution >= 4 is 39.5 Å². The molecule has 0 amide bonds. The Morgan fingerprint density at radius 2 is 0.550 bits per heavy atom. The van der Waals surface area contributed by atoms with Crippen LogP contribution in [0.3, 0.4) is 0 Å². The first-order chi connectivity index (χ1) is 48.7. The van der Waals surface area contributed by atoms with E-state index in [1.54, 1.807) is 12.2 Å². The van der Waals surface area contributed by atoms with Gasteiger partial charge in [0.15, 0.2) is 12.2 Å². The molecule has 0 aliphatic carbocycles. The minimum atomic E-state index is -5.02. The van der Waals surface area contributed by atoms with Crippen LogP contribution in [0.1, 0.15) is 259 Å². The Hall–Kier alpha value is -5.58. The van der Waals surface area contributed by atoms with Crippen molar-refractivity contribution in [2.75, 3.05) is 39.6 Å². The predicted molar refractivity (Wildman–Crippen MR) is 408 cm³/mol. The average molecular weight is 1440 g/mol. The normalized spacial score (nSPS) is 14.9. The Bertz CT molecular complexity index is 2570. The number of unbranched alkanes of at least 4 members (excludes halogenated alkanes) is 16. The summed E-state index contributed by atoms with van der Waals surface area (Å²) in [5.41, 5.74) is 0. The van der Waals surface area contributed by atoms with E-state index in [9.17, 15) is 43.2 Å². The Kier molecular flexibility index (Phi) is 67.8. The quantitative estimate of drug-likeness (QED) is 0.0169. The molecule has 100 heavy (non-hydrogen) atoms. The molecule has 0 aliphatic rings. The lowest BCUT2D eigenvalue weighted by molar-refractivity contribution is -0.161. The maximum Gasteiger partial charge on any atom is 0.472 e. The summed E-state index contributed by atoms with van der Waals surface area (Å²) in [6.45, 7) is 4.22. The zero-order valence-corrected chi connectivity index (χ0v) is 63.3. The van der Waals surface area contributed by atoms with Gasteiger partial charge < -0.3 is 33.8 Å². The summed E-state index contributed by atoms with van der Waals surface area (Å²) in [7, 11) is -10.0. The molecule has 0 aromatic rings. The number of phosphoric acid groups is 2. The van der Waals surface area contributed by atoms with Gasteiger partial charge in [0.25, 0.3) is 0 Å². The molecule has 5 atom stereocenters. The fourth-order valence-electron chi connectivity index (χ4n) is 9.18. The van der Waals surface area contributed by atoms with E-state index in [-0.39, 0.29) is 25.7 Å². The highest BCUT2D eigenvalue weighted by Crippen LogP contribution is 2.45. The van der Waals surface area contributed by atoms with Crippen LogP contribution in [0.5, 0.6) is 0 Å². The van der Waals surface area contributed by atoms with Crippen molar-refractivity contribution in [2.24, 2.45) is 0 Å². The van der Waals surface area contributed by atoms with Crippen molar-refractivity contribution in [3.63, 3.8) is 0 Å². The van der Waals surface area contributed by atoms with Crippen molar-refractivity contribution in [3.05, 3.63) is 170 Å². The predicted octanol–water partition coefficient (Wildman–Crippen LogP) is 21.4. The van der Waals surface area contributed by atoms with Gasteiger partial charge in [-0.15, -0.1) is 0 Å². The van der Waals surface area contributed by atoms with E-state index in [1.165, 1.54) is 64.2 Å². The summed E-state index contributed by atoms with van der Waals surface area (Å²) in [5.74, 6) is -2.53. The standard InChI is InChI=1S/C81H130O17P2/c1-5-9-13-17-21-25-29-33-37-41-45-49-53-57-61-65-78(83)91-71-76(97-80(85)67-63-59-55-51-47-43-39-35-31-27-23-19-15-11-7-3)73-95-99(87,88)93-69-75(82)70-94-100(89,90)96-74-77(98-81(86)68-64-60-56-52-48-44-40-36-32-28-24-20-16-12-8-4)72-92-79(84)66-62-58-54-50-46-42-38-34-30-26-22-18-14-10-6-2/h9-11,13-15,21-23,25-27,33-35,37-39,45-47,49-51,57-58,61-62,75-77,82H,5-8,12,16-20,24,28-32,36,40-44,48,52-56,59-60,63-74H2,1-4H3,(H,87,88)(H,89,90)/b13-9-,14-10-,15-11-,25-21-,26-22-,27-23-,37-33-,38-34-,39-35-,49-45-,50-46-,51-47-,61-57-,62-58-. The van der Waals surface area contributed by atoms with Crippen LogP contribution in [0.4, 0.5) is 0 Å². The van der Waals surface area contributed by atoms with Crippen LogP contribution in [0.2, 0.25) is 0 Å². The van der Waals surface area contributed by atoms with Gasteiger partial charge in [-0.1, -0.05) is 288 Å². The molecule has 0 radical (unpaired) electrons. The fraction of sp³-hybridized carbons (Fsp3) is 0.605. The minimum Gasteiger partial charge on any atom is -0.461 e. The topological polar surface area (TPSA) is 237 Å². The van der Waals surface area contributed by atoms with Crippen molar-refractivity contribution in [1.82, 2.24) is 0 Å². The molecule has 19 heteroatoms. The Balaban J connectivity index is 5.53. The number of aliphatic hydroxyl groups is 1. The van der Waals surface area contributed by atoms with Gasteiger partial charge in [-0.3, -0.25) is 37.3 Å². The van der Waals surface area contributed by atoms with Crippen LogP contribution in [0.15, 0.2) is 170 Å². The SMILES string of the molecule is CC/C=C\C/C=C\C/C=C\C/C=C\C/C=C\CC(=O)OCC(COP(=O)(O)OCC(O)COP(=O)(O)OCC(COC(=O)C/C=C\C/C=C\C/C=C\C/C=C\C/C=C\CC)OC(=O)CCCCCCCCCCCCCCCCC)OC(=O)CCCC/C=C\C/C=C\C/C=C\C/C=C\CC. The second-order valence-electron chi connectivity index (χ2n) is 24.1. The van der Waals surface area contributed by atoms with Crippen molar-refractivity contribution < 1.29 is 80.2 Å². The van der Waals surface area contributed by atoms with Crippen molar-refractivity contribution in [3.8, 4) is 0 Å². The molecular weight excluding hydrogens is 1310 g/mol. The molecule has 0 spiro atoms. The highest BCUT2D eigenvalue weighted by atomic mass is 31.2. The van der Waals surface area contributed by atoms with E-state index in [2.05, 4.69) is 143 Å². The molecule has 0 heterocycles. The number of aliphatic hydroxyl groups excluding tert-OH is 1. The van der Waals surface area contributed by atoms with Gasteiger partial charge in [-0.25, -0.2) is 9.13 Å². The number of hydrogen-bond acceptors (Lipinski definition) is 15. The molecule has 566 valence electrons. The first kappa shape index (κ1) is 94.4. The lowest BCUT2D eigenvalue weighted by atomic mass is 10.0. The Morgan fingerprint density at radius 1 is 0.300 bits per heavy atom. The van der Waals surface area contributed by atoms with Gasteiger partial charge in [0, 0.05) is 12.8 Å². The summed E-state index contributed by atoms with van der Waals surface area (Å²) >= 11 is 0. The molecule has 0 fully saturated rings. The third-order valence-corrected chi connectivity index (χ3v) is 16.7. The molecule has 0 bridgehead atoms. The van der Waals surface area contributed by atoms with E-state index < -0.39 is 97.5 Å². The Labute approximate surface area is 603 Å². The summed E-state index contributed by atoms with van der Waals surface area (Å²) < 4.78 is 68.1. The van der Waals surface area contributed by atoms with Crippen LogP contribution in [0.25, 0.3) is 0 Å². The number of carbonyl (C=O) groups excluding carboxylic acids is 4. The van der Waals surface area contributed by atoms with E-state index >= 15 is 0 Å². The first-order valence-corrected chi connectivity index (χ1v) is 40.4. The second kappa shape index (κ2) is 71.8. The molecule has 0 rings (SSSR count). The zero-order valence-electron chi connectivity index (χ0n) is 61.5. The molecule has 0 aliphatic heterocycles. The highest BCUT2D eigenvalue weighted by Gasteiger charge is 2.30. The number of hydrogen-bond donors (Lipinski definition) is 3. The van der Waals surface area contributed by atoms with Gasteiger partial charge in [0.2, 0.25) is 0 Å². The van der Waals surface area contributed by atoms with Crippen LogP contribution in [0, 0.1) is 0 Å². The maximum absolute atomic E-state index is 13.1. The second-order valence-corrected chi connectivity index (χ2v) is 27.0. The van der Waals surface area contributed by atoms with E-state index in [1.807, 2.05) is 42.5 Å². The number of esters is 4. The molecule has 3 N–H and O–H groups in total. The van der Waals surface area contributed by atoms with Crippen LogP contribution >= 0.6 is 15.6 Å². The smallest absolute Gasteiger partial charge is 0.461 e. The number of allylic oxidation sites excluding steroid dienone is 26. The van der Waals surface area contributed by atoms with Crippen LogP contribution in [-0.2, 0) is 65.4 Å². The highest BCUT2D eigenvalue weighted by molar-refractivity contribution is 7.47.